The number of carboxylic acid groups (broad SMARTS) is 1. The zero-order valence-corrected chi connectivity index (χ0v) is 53.9. The van der Waals surface area contributed by atoms with Crippen molar-refractivity contribution in [2.75, 3.05) is 23.9 Å². The van der Waals surface area contributed by atoms with Crippen molar-refractivity contribution in [3.8, 4) is 28.2 Å². The van der Waals surface area contributed by atoms with Crippen LogP contribution in [0.15, 0.2) is 107 Å². The second kappa shape index (κ2) is 32.8. The van der Waals surface area contributed by atoms with Gasteiger partial charge in [-0.2, -0.15) is 11.8 Å². The Morgan fingerprint density at radius 2 is 1.37 bits per heavy atom. The summed E-state index contributed by atoms with van der Waals surface area (Å²) in [5, 5.41) is 45.9. The van der Waals surface area contributed by atoms with E-state index in [0.717, 1.165) is 0 Å². The Morgan fingerprint density at radius 1 is 0.691 bits per heavy atom. The van der Waals surface area contributed by atoms with E-state index >= 15 is 0 Å². The number of aromatic nitrogens is 3. The van der Waals surface area contributed by atoms with Gasteiger partial charge in [0.05, 0.1) is 18.4 Å². The number of thioether (sulfide) groups is 1. The normalized spacial score (nSPS) is 13.5. The van der Waals surface area contributed by atoms with Gasteiger partial charge in [-0.25, -0.2) is 9.78 Å². The molecule has 9 amide bonds. The van der Waals surface area contributed by atoms with Crippen molar-refractivity contribution in [2.24, 2.45) is 23.3 Å². The fourth-order valence-electron chi connectivity index (χ4n) is 10.4. The predicted molar refractivity (Wildman–Crippen MR) is 356 cm³/mol. The highest BCUT2D eigenvalue weighted by atomic mass is 32.2. The number of H-pyrrole nitrogens is 2. The minimum Gasteiger partial charge on any atom is -0.508 e. The van der Waals surface area contributed by atoms with Crippen LogP contribution in [0.25, 0.3) is 44.3 Å². The lowest BCUT2D eigenvalue weighted by molar-refractivity contribution is -0.135. The van der Waals surface area contributed by atoms with Crippen LogP contribution in [0.4, 0.5) is 5.69 Å². The molecule has 0 saturated heterocycles. The third kappa shape index (κ3) is 19.3. The number of benzene rings is 4. The number of imidazole rings is 1. The quantitative estimate of drug-likeness (QED) is 0.0213. The number of carbonyl (C=O) groups is 10. The van der Waals surface area contributed by atoms with E-state index in [4.69, 9.17) is 28.1 Å². The van der Waals surface area contributed by atoms with Crippen LogP contribution in [-0.4, -0.2) is 150 Å². The number of rotatable bonds is 32. The Hall–Kier alpha value is -10.4. The molecule has 0 bridgehead atoms. The molecule has 94 heavy (non-hydrogen) atoms. The Balaban J connectivity index is 1.03. The lowest BCUT2D eigenvalue weighted by Gasteiger charge is -2.27. The summed E-state index contributed by atoms with van der Waals surface area (Å²) < 4.78 is 5.94. The van der Waals surface area contributed by atoms with Gasteiger partial charge in [-0.15, -0.1) is 0 Å². The average molecular weight is 1330 g/mol. The summed E-state index contributed by atoms with van der Waals surface area (Å²) in [6.07, 6.45) is 5.90. The van der Waals surface area contributed by atoms with Crippen LogP contribution in [0.2, 0.25) is 0 Å². The number of carboxylic acids is 1. The Bertz CT molecular complexity index is 3980. The number of phenols is 1. The van der Waals surface area contributed by atoms with Crippen LogP contribution in [0, 0.1) is 11.8 Å². The predicted octanol–water partition coefficient (Wildman–Crippen LogP) is 2.56. The molecule has 0 saturated carbocycles. The van der Waals surface area contributed by atoms with Crippen LogP contribution in [0.3, 0.4) is 0 Å². The second-order valence-electron chi connectivity index (χ2n) is 23.2. The van der Waals surface area contributed by atoms with Gasteiger partial charge < -0.3 is 83.9 Å². The Kier molecular flexibility index (Phi) is 24.8. The van der Waals surface area contributed by atoms with E-state index < -0.39 is 114 Å². The maximum absolute atomic E-state index is 14.5. The number of amides is 9. The van der Waals surface area contributed by atoms with Crippen molar-refractivity contribution in [3.63, 3.8) is 0 Å². The number of anilines is 1. The Morgan fingerprint density at radius 3 is 2.05 bits per heavy atom. The van der Waals surface area contributed by atoms with Gasteiger partial charge >= 0.3 is 5.97 Å². The van der Waals surface area contributed by atoms with Gasteiger partial charge in [0.2, 0.25) is 53.2 Å². The zero-order valence-electron chi connectivity index (χ0n) is 52.3. The first kappa shape index (κ1) is 71.1. The van der Waals surface area contributed by atoms with Gasteiger partial charge in [-0.1, -0.05) is 52.0 Å². The number of aromatic amines is 2. The number of phenolic OH excluding ortho intramolecular Hbond substituents is 1. The van der Waals surface area contributed by atoms with Gasteiger partial charge in [-0.05, 0) is 116 Å². The molecule has 5 aromatic rings. The molecule has 30 heteroatoms. The van der Waals surface area contributed by atoms with E-state index in [1.54, 1.807) is 50.4 Å². The van der Waals surface area contributed by atoms with Gasteiger partial charge in [-0.3, -0.25) is 47.9 Å². The molecule has 7 rings (SSSR count). The number of aromatic hydroxyl groups is 1. The van der Waals surface area contributed by atoms with Crippen LogP contribution in [0.1, 0.15) is 81.9 Å². The zero-order chi connectivity index (χ0) is 68.5. The number of nitrogens with two attached hydrogens (primary N) is 2. The van der Waals surface area contributed by atoms with E-state index in [-0.39, 0.29) is 88.9 Å². The monoisotopic (exact) mass is 1330 g/mol. The first-order chi connectivity index (χ1) is 44.7. The number of thiocarbonyl (C=S) groups is 1. The summed E-state index contributed by atoms with van der Waals surface area (Å²) in [6.45, 7) is 7.60. The van der Waals surface area contributed by atoms with E-state index in [2.05, 4.69) is 62.8 Å². The SMILES string of the molecule is CSCC[C@H](NC(=O)[C@H](CC(C)C)NC(=O)[C@H](Cc1cnc[nH]1)NC(=O)CNC(=O)[C@@H](NC(=O)[C@H](C)NC(=O)[C@H](Cc1c[nH]c2ccccc12)NC(=O)[C@H](CCC(N)=O)NC(=S)Nc1ccc(-c2c3ccc(=O)cc-3oc3cc(O)ccc23)c(C(=O)O)c1)C(C)C)C(N)=O. The van der Waals surface area contributed by atoms with E-state index in [0.29, 0.717) is 44.4 Å². The van der Waals surface area contributed by atoms with Crippen LogP contribution >= 0.6 is 24.0 Å². The van der Waals surface area contributed by atoms with Crippen molar-refractivity contribution in [3.05, 3.63) is 125 Å². The van der Waals surface area contributed by atoms with Crippen LogP contribution in [0.5, 0.6) is 5.75 Å². The topological polar surface area (TPSA) is 446 Å². The first-order valence-corrected chi connectivity index (χ1v) is 31.8. The number of para-hydroxylation sites is 1. The number of primary amides is 2. The molecule has 0 spiro atoms. The number of carbonyl (C=O) groups excluding carboxylic acids is 9. The second-order valence-corrected chi connectivity index (χ2v) is 24.6. The van der Waals surface area contributed by atoms with Gasteiger partial charge in [0.25, 0.3) is 0 Å². The van der Waals surface area contributed by atoms with Gasteiger partial charge in [0.15, 0.2) is 10.5 Å². The Labute approximate surface area is 548 Å². The van der Waals surface area contributed by atoms with Crippen molar-refractivity contribution in [1.82, 2.24) is 57.5 Å². The molecular formula is C64H76N14O14S2. The average Bonchev–Trinajstić information content (AvgIpc) is 0.930. The van der Waals surface area contributed by atoms with Crippen LogP contribution < -0.4 is 64.7 Å². The van der Waals surface area contributed by atoms with E-state index in [9.17, 15) is 63.0 Å². The van der Waals surface area contributed by atoms with Crippen molar-refractivity contribution in [2.45, 2.75) is 115 Å². The largest absolute Gasteiger partial charge is 0.508 e. The van der Waals surface area contributed by atoms with Crippen LogP contribution in [-0.2, 0) is 56.0 Å². The highest BCUT2D eigenvalue weighted by Crippen LogP contribution is 2.42. The lowest BCUT2D eigenvalue weighted by Crippen LogP contribution is -2.59. The van der Waals surface area contributed by atoms with Crippen molar-refractivity contribution >= 4 is 116 Å². The molecule has 2 aromatic heterocycles. The number of hydrogen-bond acceptors (Lipinski definition) is 16. The maximum atomic E-state index is 14.5. The summed E-state index contributed by atoms with van der Waals surface area (Å²) in [5.41, 5.74) is 13.6. The molecule has 2 aliphatic rings. The fourth-order valence-corrected chi connectivity index (χ4v) is 11.1. The highest BCUT2D eigenvalue weighted by Gasteiger charge is 2.34. The molecule has 1 aliphatic heterocycles. The highest BCUT2D eigenvalue weighted by molar-refractivity contribution is 7.98. The number of aromatic carboxylic acids is 1. The third-order valence-corrected chi connectivity index (χ3v) is 16.0. The molecule has 0 unspecified atom stereocenters. The molecule has 3 aromatic carbocycles. The molecule has 498 valence electrons. The first-order valence-electron chi connectivity index (χ1n) is 30.0. The van der Waals surface area contributed by atoms with E-state index in [1.807, 2.05) is 20.1 Å². The number of hydrogen-bond donors (Lipinski definition) is 15. The fraction of sp³-hybridized carbons (Fsp3) is 0.359. The molecular weight excluding hydrogens is 1250 g/mol. The molecule has 1 aliphatic carbocycles. The summed E-state index contributed by atoms with van der Waals surface area (Å²) in [7, 11) is 0. The lowest BCUT2D eigenvalue weighted by atomic mass is 9.90. The summed E-state index contributed by atoms with van der Waals surface area (Å²) in [5.74, 6) is -8.54. The molecule has 17 N–H and O–H groups in total. The summed E-state index contributed by atoms with van der Waals surface area (Å²) in [4.78, 5) is 158. The van der Waals surface area contributed by atoms with Gasteiger partial charge in [0.1, 0.15) is 59.4 Å². The minimum absolute atomic E-state index is 0.0980. The molecule has 3 heterocycles. The molecule has 28 nitrogen and oxygen atoms in total. The standard InChI is InChI=1S/C64H76N14O14S2/c1-31(2)21-47(60(87)74-45(56(66)83)19-20-94-6)75-61(88)49(24-36-28-67-30-70-36)73-53(82)29-69-62(89)55(32(3)4)78-57(84)33(5)71-59(86)48(22-34-27-68-44-10-8-7-9-39(34)44)76-58(85)46(17-18-52(65)81)77-64(93)72-35-11-14-40(43(23-35)63(90)91)54-41-15-12-37(79)25-50(41)92-51-26-38(80)13-16-42(51)54/h7-16,23,25-28,30-33,45-49,55,68,79H,17-22,24,29H2,1-6H3,(H2,65,81)(H2,66,83)(H,67,70)(H,69,89)(H,71,86)(H,73,82)(H,74,87)(H,75,88)(H,76,85)(H,78,84)(H,90,91)(H2,72,77,93)/t33-,45-,46-,47-,48-,49-,55-/m0/s1. The summed E-state index contributed by atoms with van der Waals surface area (Å²) >= 11 is 7.10. The smallest absolute Gasteiger partial charge is 0.336 e. The third-order valence-electron chi connectivity index (χ3n) is 15.2. The van der Waals surface area contributed by atoms with Gasteiger partial charge in [0, 0.05) is 82.6 Å². The molecule has 0 radical (unpaired) electrons. The minimum atomic E-state index is -1.42. The number of nitrogens with zero attached hydrogens (tertiary/aromatic N) is 1. The number of fused-ring (bicyclic) bond motifs is 3. The number of nitrogens with one attached hydrogen (secondary N) is 11. The van der Waals surface area contributed by atoms with Crippen molar-refractivity contribution in [1.29, 1.82) is 0 Å². The molecule has 7 atom stereocenters. The molecule has 0 fully saturated rings. The van der Waals surface area contributed by atoms with Crippen molar-refractivity contribution < 1.29 is 62.6 Å². The summed E-state index contributed by atoms with van der Waals surface area (Å²) in [6, 6.07) is 11.0. The van der Waals surface area contributed by atoms with E-state index in [1.165, 1.54) is 79.7 Å². The maximum Gasteiger partial charge on any atom is 0.336 e.